The number of anilines is 1. The quantitative estimate of drug-likeness (QED) is 0.590. The van der Waals surface area contributed by atoms with E-state index in [4.69, 9.17) is 23.2 Å². The molecule has 0 bridgehead atoms. The molecular weight excluding hydrogens is 427 g/mol. The number of carbonyl (C=O) groups is 1. The van der Waals surface area contributed by atoms with Crippen molar-refractivity contribution in [1.82, 2.24) is 15.1 Å². The van der Waals surface area contributed by atoms with Crippen LogP contribution in [0.15, 0.2) is 18.2 Å². The number of aliphatic hydroxyl groups is 2. The second kappa shape index (κ2) is 9.92. The molecule has 1 aromatic carbocycles. The van der Waals surface area contributed by atoms with Gasteiger partial charge in [0.15, 0.2) is 5.79 Å². The molecule has 9 heteroatoms. The minimum absolute atomic E-state index is 0.0953. The summed E-state index contributed by atoms with van der Waals surface area (Å²) in [4.78, 5) is 17.6. The first-order valence-corrected chi connectivity index (χ1v) is 11.3. The van der Waals surface area contributed by atoms with E-state index >= 15 is 0 Å². The van der Waals surface area contributed by atoms with Gasteiger partial charge in [0.25, 0.3) is 0 Å². The predicted octanol–water partition coefficient (Wildman–Crippen LogP) is 2.63. The first-order chi connectivity index (χ1) is 14.2. The number of benzene rings is 1. The summed E-state index contributed by atoms with van der Waals surface area (Å²) in [5, 5.41) is 25.6. The summed E-state index contributed by atoms with van der Waals surface area (Å²) in [6, 6.07) is 5.61. The number of urea groups is 1. The Balaban J connectivity index is 1.47. The molecule has 1 heterocycles. The summed E-state index contributed by atoms with van der Waals surface area (Å²) in [5.41, 5.74) is 0.918. The van der Waals surface area contributed by atoms with Gasteiger partial charge in [-0.15, -0.1) is 0 Å². The average Bonchev–Trinajstić information content (AvgIpc) is 2.71. The van der Waals surface area contributed by atoms with Crippen LogP contribution < -0.4 is 10.2 Å². The molecule has 1 aliphatic carbocycles. The SMILES string of the molecule is CN(C)C(=O)NC1CCC(C(O)(O)CN2CCN(c3cccc(Cl)c3Cl)CC2)CC1. The lowest BCUT2D eigenvalue weighted by Gasteiger charge is -2.42. The van der Waals surface area contributed by atoms with Crippen LogP contribution >= 0.6 is 23.2 Å². The Labute approximate surface area is 188 Å². The zero-order chi connectivity index (χ0) is 21.9. The van der Waals surface area contributed by atoms with Crippen molar-refractivity contribution < 1.29 is 15.0 Å². The number of amides is 2. The normalized spacial score (nSPS) is 23.3. The summed E-state index contributed by atoms with van der Waals surface area (Å²) < 4.78 is 0. The van der Waals surface area contributed by atoms with Crippen LogP contribution in [0.25, 0.3) is 0 Å². The van der Waals surface area contributed by atoms with Crippen molar-refractivity contribution in [3.05, 3.63) is 28.2 Å². The zero-order valence-corrected chi connectivity index (χ0v) is 19.2. The van der Waals surface area contributed by atoms with Crippen LogP contribution in [-0.2, 0) is 0 Å². The minimum atomic E-state index is -1.73. The number of nitrogens with one attached hydrogen (secondary N) is 1. The highest BCUT2D eigenvalue weighted by Gasteiger charge is 2.39. The predicted molar refractivity (Wildman–Crippen MR) is 120 cm³/mol. The molecule has 2 aliphatic rings. The Hall–Kier alpha value is -1.25. The molecule has 1 aliphatic heterocycles. The van der Waals surface area contributed by atoms with Gasteiger partial charge < -0.3 is 25.3 Å². The molecule has 168 valence electrons. The molecule has 0 atom stereocenters. The van der Waals surface area contributed by atoms with Crippen molar-refractivity contribution in [2.75, 3.05) is 51.7 Å². The van der Waals surface area contributed by atoms with E-state index in [0.717, 1.165) is 44.7 Å². The lowest BCUT2D eigenvalue weighted by Crippen LogP contribution is -2.55. The monoisotopic (exact) mass is 458 g/mol. The van der Waals surface area contributed by atoms with Gasteiger partial charge in [0.05, 0.1) is 22.3 Å². The minimum Gasteiger partial charge on any atom is -0.368 e. The smallest absolute Gasteiger partial charge is 0.317 e. The molecule has 0 aromatic heterocycles. The highest BCUT2D eigenvalue weighted by molar-refractivity contribution is 6.43. The summed E-state index contributed by atoms with van der Waals surface area (Å²) >= 11 is 12.5. The van der Waals surface area contributed by atoms with E-state index in [-0.39, 0.29) is 24.5 Å². The topological polar surface area (TPSA) is 79.3 Å². The van der Waals surface area contributed by atoms with Gasteiger partial charge >= 0.3 is 6.03 Å². The van der Waals surface area contributed by atoms with Crippen molar-refractivity contribution in [3.63, 3.8) is 0 Å². The van der Waals surface area contributed by atoms with Gasteiger partial charge in [-0.1, -0.05) is 29.3 Å². The Morgan fingerprint density at radius 1 is 1.13 bits per heavy atom. The van der Waals surface area contributed by atoms with E-state index in [9.17, 15) is 15.0 Å². The maximum Gasteiger partial charge on any atom is 0.317 e. The van der Waals surface area contributed by atoms with Crippen molar-refractivity contribution >= 4 is 34.9 Å². The van der Waals surface area contributed by atoms with Gasteiger partial charge in [0, 0.05) is 52.2 Å². The third kappa shape index (κ3) is 5.71. The molecule has 2 fully saturated rings. The van der Waals surface area contributed by atoms with E-state index in [2.05, 4.69) is 15.1 Å². The van der Waals surface area contributed by atoms with E-state index in [1.54, 1.807) is 20.2 Å². The fourth-order valence-corrected chi connectivity index (χ4v) is 4.76. The lowest BCUT2D eigenvalue weighted by atomic mass is 9.80. The number of piperazine rings is 1. The van der Waals surface area contributed by atoms with Crippen molar-refractivity contribution in [2.45, 2.75) is 37.5 Å². The third-order valence-corrected chi connectivity index (χ3v) is 7.02. The molecule has 30 heavy (non-hydrogen) atoms. The number of rotatable bonds is 5. The summed E-state index contributed by atoms with van der Waals surface area (Å²) in [7, 11) is 3.43. The fourth-order valence-electron chi connectivity index (χ4n) is 4.35. The van der Waals surface area contributed by atoms with Crippen molar-refractivity contribution in [3.8, 4) is 0 Å². The van der Waals surface area contributed by atoms with Crippen LogP contribution in [0.3, 0.4) is 0 Å². The Morgan fingerprint density at radius 3 is 2.37 bits per heavy atom. The van der Waals surface area contributed by atoms with Crippen LogP contribution in [0.1, 0.15) is 25.7 Å². The summed E-state index contributed by atoms with van der Waals surface area (Å²) in [6.45, 7) is 3.17. The second-order valence-electron chi connectivity index (χ2n) is 8.61. The van der Waals surface area contributed by atoms with Gasteiger partial charge in [-0.3, -0.25) is 4.90 Å². The first-order valence-electron chi connectivity index (χ1n) is 10.5. The number of carbonyl (C=O) groups excluding carboxylic acids is 1. The summed E-state index contributed by atoms with van der Waals surface area (Å²) in [5.74, 6) is -1.92. The summed E-state index contributed by atoms with van der Waals surface area (Å²) in [6.07, 6.45) is 2.88. The Bertz CT molecular complexity index is 731. The Morgan fingerprint density at radius 2 is 1.77 bits per heavy atom. The number of hydrogen-bond donors (Lipinski definition) is 3. The molecule has 3 rings (SSSR count). The highest BCUT2D eigenvalue weighted by atomic mass is 35.5. The maximum atomic E-state index is 11.8. The van der Waals surface area contributed by atoms with E-state index < -0.39 is 5.79 Å². The fraction of sp³-hybridized carbons (Fsp3) is 0.667. The lowest BCUT2D eigenvalue weighted by molar-refractivity contribution is -0.217. The van der Waals surface area contributed by atoms with Gasteiger partial charge in [-0.05, 0) is 37.8 Å². The maximum absolute atomic E-state index is 11.8. The number of hydrogen-bond acceptors (Lipinski definition) is 5. The number of β-amino-alcohol motifs (C(OH)–C–C–N with tert-alkyl or cyclic N) is 2. The van der Waals surface area contributed by atoms with Gasteiger partial charge in [-0.2, -0.15) is 0 Å². The van der Waals surface area contributed by atoms with Gasteiger partial charge in [0.2, 0.25) is 0 Å². The van der Waals surface area contributed by atoms with Crippen LogP contribution in [0, 0.1) is 5.92 Å². The van der Waals surface area contributed by atoms with Crippen LogP contribution in [-0.4, -0.2) is 84.7 Å². The molecule has 0 spiro atoms. The zero-order valence-electron chi connectivity index (χ0n) is 17.7. The van der Waals surface area contributed by atoms with E-state index in [1.165, 1.54) is 4.90 Å². The third-order valence-electron chi connectivity index (χ3n) is 6.22. The Kier molecular flexibility index (Phi) is 7.74. The second-order valence-corrected chi connectivity index (χ2v) is 9.39. The van der Waals surface area contributed by atoms with Gasteiger partial charge in [0.1, 0.15) is 0 Å². The molecule has 1 saturated carbocycles. The molecular formula is C21H32Cl2N4O3. The molecule has 7 nitrogen and oxygen atoms in total. The molecule has 3 N–H and O–H groups in total. The van der Waals surface area contributed by atoms with Crippen LogP contribution in [0.4, 0.5) is 10.5 Å². The molecule has 0 radical (unpaired) electrons. The first kappa shape index (κ1) is 23.4. The number of nitrogens with zero attached hydrogens (tertiary/aromatic N) is 3. The number of halogens is 2. The van der Waals surface area contributed by atoms with Crippen molar-refractivity contribution in [1.29, 1.82) is 0 Å². The van der Waals surface area contributed by atoms with Crippen molar-refractivity contribution in [2.24, 2.45) is 5.92 Å². The average molecular weight is 459 g/mol. The van der Waals surface area contributed by atoms with Gasteiger partial charge in [-0.25, -0.2) is 4.79 Å². The van der Waals surface area contributed by atoms with Crippen LogP contribution in [0.5, 0.6) is 0 Å². The standard InChI is InChI=1S/C21H32Cl2N4O3/c1-25(2)20(28)24-16-8-6-15(7-9-16)21(29,30)14-26-10-12-27(13-11-26)18-5-3-4-17(22)19(18)23/h3-5,15-16,29-30H,6-14H2,1-2H3,(H,24,28). The largest absolute Gasteiger partial charge is 0.368 e. The highest BCUT2D eigenvalue weighted by Crippen LogP contribution is 2.34. The molecule has 1 saturated heterocycles. The van der Waals surface area contributed by atoms with E-state index in [1.807, 2.05) is 12.1 Å². The molecule has 2 amide bonds. The molecule has 0 unspecified atom stereocenters. The van der Waals surface area contributed by atoms with Crippen LogP contribution in [0.2, 0.25) is 10.0 Å². The van der Waals surface area contributed by atoms with E-state index in [0.29, 0.717) is 22.9 Å². The molecule has 1 aromatic rings.